The Hall–Kier alpha value is -1.59. The fourth-order valence-electron chi connectivity index (χ4n) is 2.54. The average Bonchev–Trinajstić information content (AvgIpc) is 2.83. The zero-order chi connectivity index (χ0) is 18.6. The minimum absolute atomic E-state index is 0.0160. The maximum absolute atomic E-state index is 12.6. The third-order valence-corrected chi connectivity index (χ3v) is 5.63. The Kier molecular flexibility index (Phi) is 6.47. The largest absolute Gasteiger partial charge is 0.304 e. The van der Waals surface area contributed by atoms with Crippen LogP contribution < -0.4 is 5.32 Å². The molecule has 2 rings (SSSR count). The summed E-state index contributed by atoms with van der Waals surface area (Å²) >= 11 is 4.77. The van der Waals surface area contributed by atoms with E-state index in [0.717, 1.165) is 15.6 Å². The van der Waals surface area contributed by atoms with Gasteiger partial charge in [0.15, 0.2) is 5.17 Å². The third-order valence-electron chi connectivity index (χ3n) is 4.13. The summed E-state index contributed by atoms with van der Waals surface area (Å²) < 4.78 is 0.0697. The van der Waals surface area contributed by atoms with Gasteiger partial charge in [-0.25, -0.2) is 0 Å². The van der Waals surface area contributed by atoms with E-state index in [2.05, 4.69) is 59.0 Å². The van der Waals surface area contributed by atoms with Crippen LogP contribution in [0.1, 0.15) is 37.9 Å². The molecule has 0 aromatic heterocycles. The van der Waals surface area contributed by atoms with E-state index in [4.69, 9.17) is 4.99 Å². The second-order valence-corrected chi connectivity index (χ2v) is 8.56. The van der Waals surface area contributed by atoms with Crippen LogP contribution in [0.3, 0.4) is 0 Å². The molecule has 1 unspecified atom stereocenters. The number of aliphatic imine (C=N–C) groups is 1. The molecule has 132 valence electrons. The molecule has 0 bridgehead atoms. The van der Waals surface area contributed by atoms with Crippen molar-refractivity contribution in [1.29, 1.82) is 0 Å². The predicted molar refractivity (Wildman–Crippen MR) is 112 cm³/mol. The van der Waals surface area contributed by atoms with E-state index >= 15 is 0 Å². The van der Waals surface area contributed by atoms with E-state index in [9.17, 15) is 4.79 Å². The van der Waals surface area contributed by atoms with Crippen molar-refractivity contribution in [1.82, 2.24) is 5.32 Å². The van der Waals surface area contributed by atoms with Gasteiger partial charge in [0.05, 0.1) is 6.04 Å². The molecule has 0 saturated carbocycles. The van der Waals surface area contributed by atoms with Crippen LogP contribution in [-0.2, 0) is 4.79 Å². The number of hydrogen-bond donors (Lipinski definition) is 1. The Balaban J connectivity index is 2.23. The van der Waals surface area contributed by atoms with Crippen LogP contribution in [0.15, 0.2) is 64.1 Å². The Morgan fingerprint density at radius 1 is 1.36 bits per heavy atom. The number of nitrogens with one attached hydrogen (secondary N) is 1. The summed E-state index contributed by atoms with van der Waals surface area (Å²) in [7, 11) is 0. The lowest BCUT2D eigenvalue weighted by Gasteiger charge is -2.20. The van der Waals surface area contributed by atoms with Gasteiger partial charge in [0, 0.05) is 4.48 Å². The summed E-state index contributed by atoms with van der Waals surface area (Å²) in [5.74, 6) is -0.0507. The first-order valence-corrected chi connectivity index (χ1v) is 9.71. The molecule has 0 radical (unpaired) electrons. The second kappa shape index (κ2) is 8.19. The van der Waals surface area contributed by atoms with Gasteiger partial charge in [0.2, 0.25) is 5.91 Å². The van der Waals surface area contributed by atoms with E-state index in [-0.39, 0.29) is 11.9 Å². The molecule has 25 heavy (non-hydrogen) atoms. The molecule has 1 saturated heterocycles. The molecule has 1 N–H and O–H groups in total. The van der Waals surface area contributed by atoms with E-state index in [0.29, 0.717) is 5.17 Å². The lowest BCUT2D eigenvalue weighted by atomic mass is 9.98. The first-order chi connectivity index (χ1) is 11.8. The molecule has 3 nitrogen and oxygen atoms in total. The van der Waals surface area contributed by atoms with Gasteiger partial charge in [-0.2, -0.15) is 0 Å². The molecule has 1 amide bonds. The van der Waals surface area contributed by atoms with Gasteiger partial charge in [-0.1, -0.05) is 76.3 Å². The van der Waals surface area contributed by atoms with Crippen molar-refractivity contribution >= 4 is 38.8 Å². The number of allylic oxidation sites excluding steroid dienone is 4. The van der Waals surface area contributed by atoms with Crippen LogP contribution in [0.25, 0.3) is 0 Å². The minimum Gasteiger partial charge on any atom is -0.304 e. The van der Waals surface area contributed by atoms with Crippen LogP contribution in [0, 0.1) is 6.92 Å². The molecule has 1 aliphatic heterocycles. The van der Waals surface area contributed by atoms with Crippen molar-refractivity contribution in [2.75, 3.05) is 0 Å². The van der Waals surface area contributed by atoms with Crippen molar-refractivity contribution in [2.45, 2.75) is 38.5 Å². The molecule has 0 spiro atoms. The Bertz CT molecular complexity index is 764. The maximum Gasteiger partial charge on any atom is 0.246 e. The number of amides is 1. The van der Waals surface area contributed by atoms with Gasteiger partial charge in [-0.15, -0.1) is 0 Å². The molecular formula is C20H23BrN2OS. The topological polar surface area (TPSA) is 41.5 Å². The number of carbonyl (C=O) groups excluding carboxylic acids is 1. The zero-order valence-electron chi connectivity index (χ0n) is 15.0. The predicted octanol–water partition coefficient (Wildman–Crippen LogP) is 5.44. The molecule has 1 aliphatic rings. The van der Waals surface area contributed by atoms with Gasteiger partial charge >= 0.3 is 0 Å². The number of nitrogens with zero attached hydrogens (tertiary/aromatic N) is 1. The number of rotatable bonds is 5. The van der Waals surface area contributed by atoms with Gasteiger partial charge in [0.25, 0.3) is 0 Å². The van der Waals surface area contributed by atoms with Crippen molar-refractivity contribution in [2.24, 2.45) is 4.99 Å². The highest BCUT2D eigenvalue weighted by molar-refractivity contribution is 9.11. The number of aryl methyl sites for hydroxylation is 1. The van der Waals surface area contributed by atoms with E-state index in [1.807, 2.05) is 39.0 Å². The number of thioether (sulfide) groups is 1. The molecular weight excluding hydrogens is 396 g/mol. The summed E-state index contributed by atoms with van der Waals surface area (Å²) in [6.07, 6.45) is 5.71. The fraction of sp³-hybridized carbons (Fsp3) is 0.300. The Morgan fingerprint density at radius 3 is 2.56 bits per heavy atom. The first kappa shape index (κ1) is 19.7. The van der Waals surface area contributed by atoms with Crippen molar-refractivity contribution < 1.29 is 4.79 Å². The Morgan fingerprint density at radius 2 is 2.00 bits per heavy atom. The SMILES string of the molecule is C=C(Br)/C=C\C(=C/C)C1(C)SC(=N[C@@H](C)c2ccc(C)cc2)NC1=O. The van der Waals surface area contributed by atoms with Gasteiger partial charge in [0.1, 0.15) is 4.75 Å². The van der Waals surface area contributed by atoms with Crippen LogP contribution in [-0.4, -0.2) is 15.8 Å². The highest BCUT2D eigenvalue weighted by atomic mass is 79.9. The van der Waals surface area contributed by atoms with Crippen molar-refractivity contribution in [3.05, 3.63) is 70.3 Å². The number of carbonyl (C=O) groups is 1. The third kappa shape index (κ3) is 4.73. The smallest absolute Gasteiger partial charge is 0.246 e. The molecule has 1 aromatic carbocycles. The van der Waals surface area contributed by atoms with Crippen molar-refractivity contribution in [3.8, 4) is 0 Å². The number of halogens is 1. The highest BCUT2D eigenvalue weighted by Gasteiger charge is 2.44. The van der Waals surface area contributed by atoms with Gasteiger partial charge in [-0.05, 0) is 44.9 Å². The molecule has 0 aliphatic carbocycles. The van der Waals surface area contributed by atoms with E-state index < -0.39 is 4.75 Å². The average molecular weight is 419 g/mol. The normalized spacial score (nSPS) is 24.0. The molecule has 1 heterocycles. The van der Waals surface area contributed by atoms with Gasteiger partial charge < -0.3 is 5.32 Å². The summed E-state index contributed by atoms with van der Waals surface area (Å²) in [5, 5.41) is 3.58. The summed E-state index contributed by atoms with van der Waals surface area (Å²) in [6, 6.07) is 8.29. The molecule has 1 aromatic rings. The molecule has 1 fully saturated rings. The van der Waals surface area contributed by atoms with Gasteiger partial charge in [-0.3, -0.25) is 9.79 Å². The first-order valence-electron chi connectivity index (χ1n) is 8.10. The van der Waals surface area contributed by atoms with Crippen molar-refractivity contribution in [3.63, 3.8) is 0 Å². The van der Waals surface area contributed by atoms with Crippen LogP contribution >= 0.6 is 27.7 Å². The monoisotopic (exact) mass is 418 g/mol. The number of benzene rings is 1. The number of amidine groups is 1. The van der Waals surface area contributed by atoms with Crippen LogP contribution in [0.4, 0.5) is 0 Å². The second-order valence-electron chi connectivity index (χ2n) is 6.13. The van der Waals surface area contributed by atoms with E-state index in [1.54, 1.807) is 0 Å². The zero-order valence-corrected chi connectivity index (χ0v) is 17.4. The minimum atomic E-state index is -0.695. The number of hydrogen-bond acceptors (Lipinski definition) is 3. The lowest BCUT2D eigenvalue weighted by molar-refractivity contribution is -0.120. The van der Waals surface area contributed by atoms with E-state index in [1.165, 1.54) is 17.3 Å². The summed E-state index contributed by atoms with van der Waals surface area (Å²) in [5.41, 5.74) is 3.27. The molecule has 5 heteroatoms. The standard InChI is InChI=1S/C20H23BrN2OS/c1-6-17(12-9-14(3)21)20(5)18(24)23-19(25-20)22-15(4)16-10-7-13(2)8-11-16/h6-12,15H,3H2,1-2,4-5H3,(H,22,23,24)/b12-9-,17-6+/t15-,20?/m0/s1. The lowest BCUT2D eigenvalue weighted by Crippen LogP contribution is -2.35. The van der Waals surface area contributed by atoms with Crippen LogP contribution in [0.2, 0.25) is 0 Å². The fourth-order valence-corrected chi connectivity index (χ4v) is 3.86. The Labute approximate surface area is 162 Å². The maximum atomic E-state index is 12.6. The summed E-state index contributed by atoms with van der Waals surface area (Å²) in [4.78, 5) is 17.3. The quantitative estimate of drug-likeness (QED) is 0.646. The molecule has 2 atom stereocenters. The van der Waals surface area contributed by atoms with Crippen LogP contribution in [0.5, 0.6) is 0 Å². The highest BCUT2D eigenvalue weighted by Crippen LogP contribution is 2.39. The summed E-state index contributed by atoms with van der Waals surface area (Å²) in [6.45, 7) is 11.7.